The van der Waals surface area contributed by atoms with Crippen molar-refractivity contribution < 1.29 is 40.8 Å². The summed E-state index contributed by atoms with van der Waals surface area (Å²) in [4.78, 5) is 53.5. The van der Waals surface area contributed by atoms with Crippen molar-refractivity contribution >= 4 is 33.7 Å². The Labute approximate surface area is 305 Å². The van der Waals surface area contributed by atoms with Crippen molar-refractivity contribution in [3.63, 3.8) is 0 Å². The van der Waals surface area contributed by atoms with Gasteiger partial charge in [-0.15, -0.1) is 0 Å². The molecule has 2 aromatic carbocycles. The van der Waals surface area contributed by atoms with Crippen LogP contribution in [-0.4, -0.2) is 75.3 Å². The summed E-state index contributed by atoms with van der Waals surface area (Å²) >= 11 is 0. The Bertz CT molecular complexity index is 1700. The van der Waals surface area contributed by atoms with Gasteiger partial charge in [0.25, 0.3) is 5.91 Å². The largest absolute Gasteiger partial charge is 0.471 e. The molecule has 0 bridgehead atoms. The molecule has 52 heavy (non-hydrogen) atoms. The number of amides is 4. The summed E-state index contributed by atoms with van der Waals surface area (Å²) in [7, 11) is -0.957. The SMILES string of the molecule is CN[C@H](C(=O)N[C@H](C(=O)N(C)[C@H](C=C(C)C(=O)NS(=O)(=O)Cc1ccc(CNC(=O)C(F)(F)F)cc1)C(C)C)C(C)(C)C)C(C)(C)c1ccccc1. The summed E-state index contributed by atoms with van der Waals surface area (Å²) in [6.45, 7) is 14.1. The standard InChI is InChI=1S/C37H52F3N5O6S/c1-23(2)28(20-24(3)31(46)44-52(50,51)22-26-18-16-25(17-19-26)21-42-34(49)37(38,39)40)45(10)33(48)30(35(4,5)6)43-32(47)29(41-9)36(7,8)27-14-12-11-13-15-27/h11-20,23,28-30,41H,21-22H2,1-10H3,(H,42,49)(H,43,47)(H,44,46)/t28-,29-,30-/m1/s1. The van der Waals surface area contributed by atoms with Crippen molar-refractivity contribution in [2.24, 2.45) is 11.3 Å². The van der Waals surface area contributed by atoms with Gasteiger partial charge >= 0.3 is 12.1 Å². The zero-order valence-electron chi connectivity index (χ0n) is 31.4. The molecule has 0 aromatic heterocycles. The highest BCUT2D eigenvalue weighted by Gasteiger charge is 2.42. The van der Waals surface area contributed by atoms with E-state index in [-0.39, 0.29) is 23.0 Å². The fraction of sp³-hybridized carbons (Fsp3) is 0.514. The van der Waals surface area contributed by atoms with Crippen molar-refractivity contribution in [3.8, 4) is 0 Å². The van der Waals surface area contributed by atoms with Gasteiger partial charge in [0, 0.05) is 24.6 Å². The van der Waals surface area contributed by atoms with E-state index in [1.165, 1.54) is 42.2 Å². The normalized spacial score (nSPS) is 14.6. The van der Waals surface area contributed by atoms with E-state index in [0.717, 1.165) is 5.56 Å². The van der Waals surface area contributed by atoms with Crippen LogP contribution >= 0.6 is 0 Å². The first-order chi connectivity index (χ1) is 23.8. The third kappa shape index (κ3) is 12.2. The Morgan fingerprint density at radius 1 is 0.865 bits per heavy atom. The van der Waals surface area contributed by atoms with Crippen LogP contribution < -0.4 is 20.7 Å². The maximum absolute atomic E-state index is 14.1. The average Bonchev–Trinajstić information content (AvgIpc) is 3.03. The fourth-order valence-electron chi connectivity index (χ4n) is 5.68. The molecule has 3 atom stereocenters. The number of sulfonamides is 1. The lowest BCUT2D eigenvalue weighted by Crippen LogP contribution is -2.61. The maximum atomic E-state index is 14.1. The molecule has 15 heteroatoms. The van der Waals surface area contributed by atoms with Crippen LogP contribution in [0.5, 0.6) is 0 Å². The number of carbonyl (C=O) groups is 4. The lowest BCUT2D eigenvalue weighted by Gasteiger charge is -2.40. The van der Waals surface area contributed by atoms with Crippen LogP contribution in [0.25, 0.3) is 0 Å². The van der Waals surface area contributed by atoms with Crippen molar-refractivity contribution in [1.82, 2.24) is 25.6 Å². The van der Waals surface area contributed by atoms with Crippen LogP contribution in [0.4, 0.5) is 13.2 Å². The van der Waals surface area contributed by atoms with Crippen LogP contribution in [0.1, 0.15) is 72.1 Å². The van der Waals surface area contributed by atoms with E-state index in [9.17, 15) is 40.8 Å². The Balaban J connectivity index is 2.21. The highest BCUT2D eigenvalue weighted by Crippen LogP contribution is 2.29. The number of carbonyl (C=O) groups excluding carboxylic acids is 4. The van der Waals surface area contributed by atoms with Crippen LogP contribution in [0.15, 0.2) is 66.2 Å². The summed E-state index contributed by atoms with van der Waals surface area (Å²) in [6.07, 6.45) is -3.52. The number of halogens is 3. The lowest BCUT2D eigenvalue weighted by molar-refractivity contribution is -0.173. The fourth-order valence-corrected chi connectivity index (χ4v) is 6.82. The maximum Gasteiger partial charge on any atom is 0.471 e. The molecule has 11 nitrogen and oxygen atoms in total. The zero-order chi connectivity index (χ0) is 39.8. The molecule has 0 fully saturated rings. The zero-order valence-corrected chi connectivity index (χ0v) is 32.3. The van der Waals surface area contributed by atoms with Crippen LogP contribution in [0.3, 0.4) is 0 Å². The Kier molecular flexibility index (Phi) is 14.8. The molecule has 288 valence electrons. The molecule has 0 unspecified atom stereocenters. The van der Waals surface area contributed by atoms with Crippen molar-refractivity contribution in [3.05, 3.63) is 82.9 Å². The molecule has 0 saturated heterocycles. The minimum atomic E-state index is -5.03. The topological polar surface area (TPSA) is 154 Å². The number of likely N-dealkylation sites (N-methyl/N-ethyl adjacent to an activating group) is 2. The molecule has 0 aliphatic carbocycles. The number of nitrogens with one attached hydrogen (secondary N) is 4. The second-order valence-corrected chi connectivity index (χ2v) is 16.6. The number of hydrogen-bond acceptors (Lipinski definition) is 7. The first kappa shape index (κ1) is 43.9. The first-order valence-corrected chi connectivity index (χ1v) is 18.4. The molecule has 4 amide bonds. The molecule has 4 N–H and O–H groups in total. The predicted molar refractivity (Wildman–Crippen MR) is 194 cm³/mol. The van der Waals surface area contributed by atoms with Gasteiger partial charge < -0.3 is 20.9 Å². The number of hydrogen-bond donors (Lipinski definition) is 4. The summed E-state index contributed by atoms with van der Waals surface area (Å²) in [5.41, 5.74) is 0.194. The van der Waals surface area contributed by atoms with E-state index in [1.807, 2.05) is 83.5 Å². The third-order valence-electron chi connectivity index (χ3n) is 8.79. The van der Waals surface area contributed by atoms with Gasteiger partial charge in [0.05, 0.1) is 17.8 Å². The lowest BCUT2D eigenvalue weighted by atomic mass is 9.76. The van der Waals surface area contributed by atoms with E-state index >= 15 is 0 Å². The van der Waals surface area contributed by atoms with E-state index < -0.39 is 75.2 Å². The van der Waals surface area contributed by atoms with Gasteiger partial charge in [-0.3, -0.25) is 19.2 Å². The second-order valence-electron chi connectivity index (χ2n) is 14.8. The van der Waals surface area contributed by atoms with Gasteiger partial charge in [0.15, 0.2) is 0 Å². The molecule has 2 rings (SSSR count). The number of rotatable bonds is 15. The van der Waals surface area contributed by atoms with Crippen molar-refractivity contribution in [2.75, 3.05) is 14.1 Å². The molecule has 0 radical (unpaired) electrons. The quantitative estimate of drug-likeness (QED) is 0.198. The highest BCUT2D eigenvalue weighted by molar-refractivity contribution is 7.89. The first-order valence-electron chi connectivity index (χ1n) is 16.8. The molecule has 2 aromatic rings. The monoisotopic (exact) mass is 751 g/mol. The smallest absolute Gasteiger partial charge is 0.344 e. The molecule has 0 saturated carbocycles. The summed E-state index contributed by atoms with van der Waals surface area (Å²) in [6, 6.07) is 12.7. The predicted octanol–water partition coefficient (Wildman–Crippen LogP) is 4.34. The number of nitrogens with zero attached hydrogens (tertiary/aromatic N) is 1. The third-order valence-corrected chi connectivity index (χ3v) is 9.99. The average molecular weight is 752 g/mol. The molecule has 0 heterocycles. The van der Waals surface area contributed by atoms with Gasteiger partial charge in [0.2, 0.25) is 21.8 Å². The van der Waals surface area contributed by atoms with Crippen LogP contribution in [0, 0.1) is 11.3 Å². The Hall–Kier alpha value is -4.24. The summed E-state index contributed by atoms with van der Waals surface area (Å²) in [5.74, 6) is -4.58. The van der Waals surface area contributed by atoms with Crippen LogP contribution in [0.2, 0.25) is 0 Å². The van der Waals surface area contributed by atoms with E-state index in [4.69, 9.17) is 0 Å². The molecule has 0 aliphatic rings. The van der Waals surface area contributed by atoms with E-state index in [2.05, 4.69) is 10.6 Å². The van der Waals surface area contributed by atoms with Gasteiger partial charge in [-0.2, -0.15) is 13.2 Å². The van der Waals surface area contributed by atoms with E-state index in [0.29, 0.717) is 5.56 Å². The molecule has 0 spiro atoms. The summed E-state index contributed by atoms with van der Waals surface area (Å²) < 4.78 is 65.1. The minimum Gasteiger partial charge on any atom is -0.344 e. The minimum absolute atomic E-state index is 0.0360. The number of benzene rings is 2. The van der Waals surface area contributed by atoms with Crippen molar-refractivity contribution in [2.45, 2.75) is 97.4 Å². The van der Waals surface area contributed by atoms with Crippen molar-refractivity contribution in [1.29, 1.82) is 0 Å². The van der Waals surface area contributed by atoms with E-state index in [1.54, 1.807) is 19.4 Å². The molecular formula is C37H52F3N5O6S. The van der Waals surface area contributed by atoms with Gasteiger partial charge in [-0.1, -0.05) is 109 Å². The highest BCUT2D eigenvalue weighted by atomic mass is 32.2. The van der Waals surface area contributed by atoms with Gasteiger partial charge in [-0.25, -0.2) is 13.1 Å². The summed E-state index contributed by atoms with van der Waals surface area (Å²) in [5, 5.41) is 7.81. The van der Waals surface area contributed by atoms with Gasteiger partial charge in [-0.05, 0) is 42.0 Å². The number of alkyl halides is 3. The van der Waals surface area contributed by atoms with Crippen LogP contribution in [-0.2, 0) is 46.9 Å². The molecular weight excluding hydrogens is 699 g/mol. The Morgan fingerprint density at radius 2 is 1.40 bits per heavy atom. The molecule has 0 aliphatic heterocycles. The van der Waals surface area contributed by atoms with Gasteiger partial charge in [0.1, 0.15) is 6.04 Å². The second kappa shape index (κ2) is 17.5. The Morgan fingerprint density at radius 3 is 1.88 bits per heavy atom.